The molecule has 1 amide bonds. The fourth-order valence-corrected chi connectivity index (χ4v) is 4.96. The number of fused-ring (bicyclic) bond motifs is 1. The van der Waals surface area contributed by atoms with Gasteiger partial charge in [-0.15, -0.1) is 10.2 Å². The summed E-state index contributed by atoms with van der Waals surface area (Å²) >= 11 is 0. The minimum atomic E-state index is -0.503. The molecule has 0 bridgehead atoms. The van der Waals surface area contributed by atoms with Crippen LogP contribution in [0.1, 0.15) is 41.1 Å². The molecular formula is C22H24FN7O2. The van der Waals surface area contributed by atoms with Crippen molar-refractivity contribution in [3.8, 4) is 11.8 Å². The number of aromatic nitrogens is 6. The summed E-state index contributed by atoms with van der Waals surface area (Å²) in [6.07, 6.45) is 5.28. The predicted molar refractivity (Wildman–Crippen MR) is 112 cm³/mol. The number of carbonyl (C=O) groups is 1. The molecule has 0 N–H and O–H groups in total. The Morgan fingerprint density at radius 3 is 2.75 bits per heavy atom. The van der Waals surface area contributed by atoms with Crippen LogP contribution < -0.4 is 4.74 Å². The van der Waals surface area contributed by atoms with E-state index >= 15 is 0 Å². The number of aryl methyl sites for hydroxylation is 2. The third-order valence-electron chi connectivity index (χ3n) is 6.51. The molecule has 1 aliphatic carbocycles. The molecule has 2 fully saturated rings. The molecule has 3 aromatic rings. The fourth-order valence-electron chi connectivity index (χ4n) is 4.96. The third-order valence-corrected chi connectivity index (χ3v) is 6.51. The smallest absolute Gasteiger partial charge is 0.316 e. The van der Waals surface area contributed by atoms with E-state index in [0.717, 1.165) is 43.0 Å². The summed E-state index contributed by atoms with van der Waals surface area (Å²) < 4.78 is 20.6. The molecule has 5 rings (SSSR count). The van der Waals surface area contributed by atoms with Gasteiger partial charge in [0.2, 0.25) is 0 Å². The average Bonchev–Trinajstić information content (AvgIpc) is 3.44. The van der Waals surface area contributed by atoms with Crippen LogP contribution in [0.5, 0.6) is 6.01 Å². The Bertz CT molecular complexity index is 1130. The van der Waals surface area contributed by atoms with Gasteiger partial charge in [-0.05, 0) is 50.8 Å². The molecule has 0 aromatic carbocycles. The van der Waals surface area contributed by atoms with E-state index in [1.165, 1.54) is 0 Å². The zero-order chi connectivity index (χ0) is 22.3. The molecule has 0 spiro atoms. The fraction of sp³-hybridized carbons (Fsp3) is 0.455. The minimum Gasteiger partial charge on any atom is -0.463 e. The number of amides is 1. The highest BCUT2D eigenvalue weighted by atomic mass is 19.1. The summed E-state index contributed by atoms with van der Waals surface area (Å²) in [6.45, 7) is 5.50. The Morgan fingerprint density at radius 2 is 2.06 bits per heavy atom. The quantitative estimate of drug-likeness (QED) is 0.605. The van der Waals surface area contributed by atoms with Gasteiger partial charge in [0.25, 0.3) is 5.91 Å². The number of likely N-dealkylation sites (tertiary alicyclic amines) is 1. The van der Waals surface area contributed by atoms with Gasteiger partial charge in [-0.3, -0.25) is 4.79 Å². The van der Waals surface area contributed by atoms with Gasteiger partial charge >= 0.3 is 6.01 Å². The lowest BCUT2D eigenvalue weighted by Gasteiger charge is -2.28. The summed E-state index contributed by atoms with van der Waals surface area (Å²) in [7, 11) is 0. The number of ether oxygens (including phenoxy) is 1. The van der Waals surface area contributed by atoms with Gasteiger partial charge in [-0.2, -0.15) is 5.10 Å². The number of carbonyl (C=O) groups excluding carboxylic acids is 1. The molecule has 2 unspecified atom stereocenters. The summed E-state index contributed by atoms with van der Waals surface area (Å²) in [5, 5.41) is 12.8. The van der Waals surface area contributed by atoms with Crippen molar-refractivity contribution in [2.75, 3.05) is 19.7 Å². The van der Waals surface area contributed by atoms with Gasteiger partial charge in [-0.1, -0.05) is 6.42 Å². The van der Waals surface area contributed by atoms with Crippen molar-refractivity contribution in [2.45, 2.75) is 33.1 Å². The molecule has 4 heterocycles. The van der Waals surface area contributed by atoms with Crippen LogP contribution in [-0.4, -0.2) is 60.4 Å². The van der Waals surface area contributed by atoms with Crippen LogP contribution in [0.25, 0.3) is 5.82 Å². The Hall–Kier alpha value is -3.43. The molecule has 2 atom stereocenters. The highest BCUT2D eigenvalue weighted by Crippen LogP contribution is 2.49. The molecule has 10 heteroatoms. The predicted octanol–water partition coefficient (Wildman–Crippen LogP) is 2.53. The molecular weight excluding hydrogens is 413 g/mol. The van der Waals surface area contributed by atoms with Crippen LogP contribution in [0.2, 0.25) is 0 Å². The molecule has 2 aliphatic rings. The van der Waals surface area contributed by atoms with Crippen molar-refractivity contribution >= 4 is 5.91 Å². The Morgan fingerprint density at radius 1 is 1.25 bits per heavy atom. The van der Waals surface area contributed by atoms with E-state index in [-0.39, 0.29) is 17.3 Å². The van der Waals surface area contributed by atoms with Crippen LogP contribution in [0.15, 0.2) is 30.6 Å². The van der Waals surface area contributed by atoms with E-state index in [1.54, 1.807) is 16.8 Å². The zero-order valence-electron chi connectivity index (χ0n) is 18.0. The first-order chi connectivity index (χ1) is 15.4. The SMILES string of the molecule is Cc1cc(C)n(-c2ccc(C(=O)N3CC4CCCC4(COc4ncc(F)cn4)C3)nn2)n1. The summed E-state index contributed by atoms with van der Waals surface area (Å²) in [6, 6.07) is 5.58. The van der Waals surface area contributed by atoms with E-state index in [1.807, 2.05) is 24.8 Å². The lowest BCUT2D eigenvalue weighted by Crippen LogP contribution is -2.36. The Kier molecular flexibility index (Phi) is 5.07. The first-order valence-corrected chi connectivity index (χ1v) is 10.7. The summed E-state index contributed by atoms with van der Waals surface area (Å²) in [5.74, 6) is 0.282. The van der Waals surface area contributed by atoms with Gasteiger partial charge in [0.15, 0.2) is 17.3 Å². The van der Waals surface area contributed by atoms with Crippen molar-refractivity contribution in [1.29, 1.82) is 0 Å². The molecule has 0 radical (unpaired) electrons. The van der Waals surface area contributed by atoms with Crippen molar-refractivity contribution in [1.82, 2.24) is 34.8 Å². The maximum atomic E-state index is 13.1. The molecule has 9 nitrogen and oxygen atoms in total. The summed E-state index contributed by atoms with van der Waals surface area (Å²) in [4.78, 5) is 22.7. The molecule has 1 saturated heterocycles. The second kappa shape index (κ2) is 7.92. The van der Waals surface area contributed by atoms with Crippen LogP contribution >= 0.6 is 0 Å². The second-order valence-electron chi connectivity index (χ2n) is 8.73. The standard InChI is InChI=1S/C22H24FN7O2/c1-14-8-15(2)30(28-14)19-6-5-18(26-27-19)20(31)29-11-16-4-3-7-22(16,12-29)13-32-21-24-9-17(23)10-25-21/h5-6,8-10,16H,3-4,7,11-13H2,1-2H3. The first-order valence-electron chi connectivity index (χ1n) is 10.7. The minimum absolute atomic E-state index is 0.135. The van der Waals surface area contributed by atoms with E-state index in [9.17, 15) is 9.18 Å². The van der Waals surface area contributed by atoms with Crippen LogP contribution in [-0.2, 0) is 0 Å². The number of hydrogen-bond donors (Lipinski definition) is 0. The van der Waals surface area contributed by atoms with E-state index in [2.05, 4.69) is 25.3 Å². The maximum Gasteiger partial charge on any atom is 0.316 e. The van der Waals surface area contributed by atoms with Gasteiger partial charge in [-0.25, -0.2) is 19.0 Å². The van der Waals surface area contributed by atoms with E-state index in [4.69, 9.17) is 4.74 Å². The second-order valence-corrected chi connectivity index (χ2v) is 8.73. The highest BCUT2D eigenvalue weighted by Gasteiger charge is 2.51. The summed E-state index contributed by atoms with van der Waals surface area (Å²) in [5.41, 5.74) is 2.01. The van der Waals surface area contributed by atoms with E-state index in [0.29, 0.717) is 37.1 Å². The molecule has 32 heavy (non-hydrogen) atoms. The number of nitrogens with zero attached hydrogens (tertiary/aromatic N) is 7. The van der Waals surface area contributed by atoms with Crippen LogP contribution in [0.3, 0.4) is 0 Å². The lowest BCUT2D eigenvalue weighted by molar-refractivity contribution is 0.0735. The molecule has 3 aromatic heterocycles. The van der Waals surface area contributed by atoms with Gasteiger partial charge < -0.3 is 9.64 Å². The normalized spacial score (nSPS) is 22.2. The first kappa shape index (κ1) is 20.5. The van der Waals surface area contributed by atoms with Crippen molar-refractivity contribution in [3.05, 3.63) is 53.5 Å². The largest absolute Gasteiger partial charge is 0.463 e. The number of hydrogen-bond acceptors (Lipinski definition) is 7. The Balaban J connectivity index is 1.28. The monoisotopic (exact) mass is 437 g/mol. The van der Waals surface area contributed by atoms with Gasteiger partial charge in [0, 0.05) is 24.2 Å². The molecule has 166 valence electrons. The average molecular weight is 437 g/mol. The van der Waals surface area contributed by atoms with Crippen LogP contribution in [0, 0.1) is 31.0 Å². The molecule has 1 saturated carbocycles. The van der Waals surface area contributed by atoms with Crippen molar-refractivity contribution < 1.29 is 13.9 Å². The lowest BCUT2D eigenvalue weighted by atomic mass is 9.82. The Labute approximate surface area is 184 Å². The number of halogens is 1. The van der Waals surface area contributed by atoms with Crippen molar-refractivity contribution in [2.24, 2.45) is 11.3 Å². The number of rotatable bonds is 5. The topological polar surface area (TPSA) is 98.9 Å². The zero-order valence-corrected chi connectivity index (χ0v) is 18.0. The maximum absolute atomic E-state index is 13.1. The van der Waals surface area contributed by atoms with Gasteiger partial charge in [0.1, 0.15) is 0 Å². The third kappa shape index (κ3) is 3.69. The van der Waals surface area contributed by atoms with Crippen molar-refractivity contribution in [3.63, 3.8) is 0 Å². The highest BCUT2D eigenvalue weighted by molar-refractivity contribution is 5.92. The van der Waals surface area contributed by atoms with Crippen LogP contribution in [0.4, 0.5) is 4.39 Å². The molecule has 1 aliphatic heterocycles. The van der Waals surface area contributed by atoms with Gasteiger partial charge in [0.05, 0.1) is 24.7 Å². The van der Waals surface area contributed by atoms with E-state index < -0.39 is 5.82 Å².